The minimum Gasteiger partial charge on any atom is -0.339 e. The van der Waals surface area contributed by atoms with Crippen molar-refractivity contribution in [2.24, 2.45) is 7.05 Å². The highest BCUT2D eigenvalue weighted by atomic mass is 32.2. The van der Waals surface area contributed by atoms with E-state index in [1.54, 1.807) is 17.7 Å². The summed E-state index contributed by atoms with van der Waals surface area (Å²) < 4.78 is 16.6. The maximum Gasteiger partial charge on any atom is 0.324 e. The molecule has 3 heterocycles. The van der Waals surface area contributed by atoms with Gasteiger partial charge in [-0.2, -0.15) is 0 Å². The van der Waals surface area contributed by atoms with E-state index >= 15 is 0 Å². The lowest BCUT2D eigenvalue weighted by Crippen LogP contribution is -2.50. The molecule has 0 bridgehead atoms. The van der Waals surface area contributed by atoms with Crippen molar-refractivity contribution in [3.63, 3.8) is 0 Å². The van der Waals surface area contributed by atoms with Gasteiger partial charge in [-0.15, -0.1) is 11.3 Å². The second-order valence-corrected chi connectivity index (χ2v) is 12.9. The van der Waals surface area contributed by atoms with Gasteiger partial charge in [0.1, 0.15) is 11.0 Å². The SMILES string of the molecule is Cn1cnc(S(=O)N2CCN(Cc3cnc(NC(=O)N(C4CCCCC4)C4CCCCC4)s3)CC2)c1. The van der Waals surface area contributed by atoms with Crippen molar-refractivity contribution in [1.82, 2.24) is 28.6 Å². The average Bonchev–Trinajstić information content (AvgIpc) is 3.54. The second-order valence-electron chi connectivity index (χ2n) is 10.4. The monoisotopic (exact) mass is 533 g/mol. The molecule has 0 spiro atoms. The number of nitrogens with zero attached hydrogens (tertiary/aromatic N) is 6. The first-order valence-electron chi connectivity index (χ1n) is 13.5. The quantitative estimate of drug-likeness (QED) is 0.576. The predicted octanol–water partition coefficient (Wildman–Crippen LogP) is 4.22. The number of urea groups is 1. The largest absolute Gasteiger partial charge is 0.339 e. The van der Waals surface area contributed by atoms with Crippen molar-refractivity contribution in [1.29, 1.82) is 0 Å². The zero-order valence-electron chi connectivity index (χ0n) is 21.3. The molecule has 1 saturated heterocycles. The summed E-state index contributed by atoms with van der Waals surface area (Å²) in [7, 11) is 0.680. The average molecular weight is 534 g/mol. The fraction of sp³-hybridized carbons (Fsp3) is 0.720. The third kappa shape index (κ3) is 6.35. The summed E-state index contributed by atoms with van der Waals surface area (Å²) in [5.74, 6) is 0. The maximum absolute atomic E-state index is 13.5. The molecule has 1 aliphatic heterocycles. The molecule has 2 aliphatic carbocycles. The van der Waals surface area contributed by atoms with Crippen LogP contribution >= 0.6 is 11.3 Å². The normalized spacial score (nSPS) is 21.9. The van der Waals surface area contributed by atoms with Crippen LogP contribution in [0.5, 0.6) is 0 Å². The molecule has 2 saturated carbocycles. The first-order chi connectivity index (χ1) is 17.6. The van der Waals surface area contributed by atoms with Crippen LogP contribution in [0.25, 0.3) is 0 Å². The maximum atomic E-state index is 13.5. The molecular formula is C25H39N7O2S2. The molecule has 1 unspecified atom stereocenters. The van der Waals surface area contributed by atoms with Gasteiger partial charge in [-0.1, -0.05) is 38.5 Å². The molecule has 5 rings (SSSR count). The third-order valence-corrected chi connectivity index (χ3v) is 10.0. The summed E-state index contributed by atoms with van der Waals surface area (Å²) in [5.41, 5.74) is 0. The molecule has 0 aromatic carbocycles. The van der Waals surface area contributed by atoms with E-state index in [1.807, 2.05) is 28.3 Å². The lowest BCUT2D eigenvalue weighted by Gasteiger charge is -2.41. The van der Waals surface area contributed by atoms with Crippen molar-refractivity contribution < 1.29 is 9.00 Å². The molecule has 2 aromatic rings. The topological polar surface area (TPSA) is 86.6 Å². The van der Waals surface area contributed by atoms with E-state index in [4.69, 9.17) is 0 Å². The van der Waals surface area contributed by atoms with E-state index in [1.165, 1.54) is 38.5 Å². The van der Waals surface area contributed by atoms with Crippen LogP contribution in [0.3, 0.4) is 0 Å². The third-order valence-electron chi connectivity index (χ3n) is 7.74. The molecule has 2 amide bonds. The molecule has 11 heteroatoms. The summed E-state index contributed by atoms with van der Waals surface area (Å²) in [6.45, 7) is 3.96. The van der Waals surface area contributed by atoms with E-state index < -0.39 is 11.0 Å². The Bertz CT molecular complexity index is 1000. The summed E-state index contributed by atoms with van der Waals surface area (Å²) >= 11 is 1.57. The number of carbonyl (C=O) groups excluding carboxylic acids is 1. The van der Waals surface area contributed by atoms with Crippen molar-refractivity contribution in [3.8, 4) is 0 Å². The number of hydrogen-bond acceptors (Lipinski definition) is 6. The Morgan fingerprint density at radius 2 is 1.67 bits per heavy atom. The standard InChI is InChI=1S/C25H39N7O2S2/c1-29-18-23(27-19-29)36(34)31-14-12-30(13-15-31)17-22-16-26-24(35-22)28-25(33)32(20-8-4-2-5-9-20)21-10-6-3-7-11-21/h16,18-21H,2-15,17H2,1H3,(H,26,28,33). The van der Waals surface area contributed by atoms with E-state index in [9.17, 15) is 9.00 Å². The highest BCUT2D eigenvalue weighted by molar-refractivity contribution is 7.82. The molecule has 1 N–H and O–H groups in total. The number of piperazine rings is 1. The first-order valence-corrected chi connectivity index (χ1v) is 15.4. The van der Waals surface area contributed by atoms with Crippen LogP contribution in [-0.2, 0) is 24.6 Å². The van der Waals surface area contributed by atoms with Gasteiger partial charge in [-0.05, 0) is 25.7 Å². The van der Waals surface area contributed by atoms with Gasteiger partial charge in [0.15, 0.2) is 10.2 Å². The molecular weight excluding hydrogens is 494 g/mol. The highest BCUT2D eigenvalue weighted by Crippen LogP contribution is 2.31. The van der Waals surface area contributed by atoms with Crippen LogP contribution in [-0.4, -0.2) is 77.1 Å². The number of rotatable bonds is 7. The van der Waals surface area contributed by atoms with E-state index in [0.29, 0.717) is 22.2 Å². The number of carbonyl (C=O) groups is 1. The molecule has 0 radical (unpaired) electrons. The Morgan fingerprint density at radius 3 is 2.25 bits per heavy atom. The Balaban J connectivity index is 1.14. The van der Waals surface area contributed by atoms with Crippen LogP contribution in [0, 0.1) is 0 Å². The predicted molar refractivity (Wildman–Crippen MR) is 143 cm³/mol. The zero-order chi connectivity index (χ0) is 24.9. The molecule has 2 aromatic heterocycles. The van der Waals surface area contributed by atoms with E-state index in [2.05, 4.69) is 25.1 Å². The summed E-state index contributed by atoms with van der Waals surface area (Å²) in [5, 5.41) is 4.47. The fourth-order valence-electron chi connectivity index (χ4n) is 5.83. The van der Waals surface area contributed by atoms with Crippen LogP contribution in [0.4, 0.5) is 9.93 Å². The van der Waals surface area contributed by atoms with Gasteiger partial charge in [0.05, 0.1) is 6.33 Å². The molecule has 3 aliphatic rings. The number of aryl methyl sites for hydroxylation is 1. The smallest absolute Gasteiger partial charge is 0.324 e. The molecule has 1 atom stereocenters. The number of amides is 2. The fourth-order valence-corrected chi connectivity index (χ4v) is 7.83. The number of nitrogens with one attached hydrogen (secondary N) is 1. The number of anilines is 1. The molecule has 3 fully saturated rings. The highest BCUT2D eigenvalue weighted by Gasteiger charge is 2.33. The van der Waals surface area contributed by atoms with Crippen molar-refractivity contribution in [2.45, 2.75) is 87.9 Å². The van der Waals surface area contributed by atoms with Crippen molar-refractivity contribution >= 4 is 33.5 Å². The Labute approximate surface area is 220 Å². The first kappa shape index (κ1) is 25.8. The minimum absolute atomic E-state index is 0.0420. The van der Waals surface area contributed by atoms with Gasteiger partial charge in [-0.3, -0.25) is 10.2 Å². The van der Waals surface area contributed by atoms with Gasteiger partial charge >= 0.3 is 6.03 Å². The van der Waals surface area contributed by atoms with Gasteiger partial charge in [-0.25, -0.2) is 23.3 Å². The van der Waals surface area contributed by atoms with Crippen molar-refractivity contribution in [2.75, 3.05) is 31.5 Å². The lowest BCUT2D eigenvalue weighted by atomic mass is 9.89. The molecule has 198 valence electrons. The molecule has 9 nitrogen and oxygen atoms in total. The zero-order valence-corrected chi connectivity index (χ0v) is 22.9. The van der Waals surface area contributed by atoms with Crippen LogP contribution in [0.2, 0.25) is 0 Å². The van der Waals surface area contributed by atoms with Crippen LogP contribution in [0.15, 0.2) is 23.7 Å². The van der Waals surface area contributed by atoms with E-state index in [-0.39, 0.29) is 6.03 Å². The van der Waals surface area contributed by atoms with E-state index in [0.717, 1.165) is 63.3 Å². The Morgan fingerprint density at radius 1 is 1.03 bits per heavy atom. The van der Waals surface area contributed by atoms with Gasteiger partial charge in [0, 0.05) is 69.1 Å². The number of thiazole rings is 1. The van der Waals surface area contributed by atoms with Gasteiger partial charge in [0.25, 0.3) is 0 Å². The Kier molecular flexibility index (Phi) is 8.71. The second kappa shape index (κ2) is 12.1. The lowest BCUT2D eigenvalue weighted by molar-refractivity contribution is 0.114. The number of aromatic nitrogens is 3. The summed E-state index contributed by atoms with van der Waals surface area (Å²) in [6, 6.07) is 0.781. The van der Waals surface area contributed by atoms with Gasteiger partial charge < -0.3 is 9.47 Å². The minimum atomic E-state index is -1.21. The summed E-state index contributed by atoms with van der Waals surface area (Å²) in [6.07, 6.45) is 17.4. The van der Waals surface area contributed by atoms with Crippen molar-refractivity contribution in [3.05, 3.63) is 23.6 Å². The number of imidazole rings is 1. The van der Waals surface area contributed by atoms with Gasteiger partial charge in [0.2, 0.25) is 0 Å². The Hall–Kier alpha value is -1.82. The van der Waals surface area contributed by atoms with Crippen LogP contribution < -0.4 is 5.32 Å². The number of hydrogen-bond donors (Lipinski definition) is 1. The molecule has 36 heavy (non-hydrogen) atoms. The van der Waals surface area contributed by atoms with Crippen LogP contribution in [0.1, 0.15) is 69.1 Å². The summed E-state index contributed by atoms with van der Waals surface area (Å²) in [4.78, 5) is 27.9.